The van der Waals surface area contributed by atoms with Crippen LogP contribution in [0.5, 0.6) is 28.7 Å². The zero-order valence-electron chi connectivity index (χ0n) is 43.5. The number of nitrogens with zero attached hydrogens (tertiary/aromatic N) is 2. The molecule has 2 aromatic heterocycles. The van der Waals surface area contributed by atoms with Gasteiger partial charge in [0.2, 0.25) is 25.6 Å². The number of hydrogen-bond acceptors (Lipinski definition) is 17. The van der Waals surface area contributed by atoms with Crippen LogP contribution in [0.25, 0.3) is 33.6 Å². The number of hydrogen-bond donors (Lipinski definition) is 3. The van der Waals surface area contributed by atoms with Crippen molar-refractivity contribution in [1.29, 1.82) is 0 Å². The number of hydroxylamine groups is 1. The SMILES string of the molecule is CC(C)(C)OC(=O)NOc1ccc([N+](=O)[O-])cc1.COC(=O)/C(=C/c1ccc2c(c1)OCO2)C(=O)c1c[nH]c2ccccc12.COC(=O)C1=C(c2c[nH]c3ccccc23)OC(c2ccc3c(c2)OCO3)N1C(=O)OC(C)(C)C. The third-order valence-corrected chi connectivity index (χ3v) is 11.3. The van der Waals surface area contributed by atoms with Gasteiger partial charge in [-0.1, -0.05) is 42.5 Å². The molecule has 0 saturated carbocycles. The molecule has 3 N–H and O–H groups in total. The van der Waals surface area contributed by atoms with E-state index in [2.05, 4.69) is 15.4 Å². The fourth-order valence-corrected chi connectivity index (χ4v) is 7.90. The predicted molar refractivity (Wildman–Crippen MR) is 280 cm³/mol. The molecule has 1 atom stereocenters. The van der Waals surface area contributed by atoms with Gasteiger partial charge in [-0.25, -0.2) is 24.1 Å². The minimum atomic E-state index is -0.998. The van der Waals surface area contributed by atoms with Crippen LogP contribution in [0.1, 0.15) is 74.8 Å². The van der Waals surface area contributed by atoms with Crippen LogP contribution in [0.15, 0.2) is 133 Å². The number of ketones is 1. The van der Waals surface area contributed by atoms with Crippen LogP contribution < -0.4 is 29.3 Å². The molecule has 3 aliphatic heterocycles. The number of fused-ring (bicyclic) bond motifs is 4. The number of aromatic amines is 2. The molecule has 0 bridgehead atoms. The summed E-state index contributed by atoms with van der Waals surface area (Å²) >= 11 is 0. The first kappa shape index (κ1) is 54.3. The third kappa shape index (κ3) is 12.6. The zero-order valence-corrected chi connectivity index (χ0v) is 43.5. The summed E-state index contributed by atoms with van der Waals surface area (Å²) in [5.41, 5.74) is 4.41. The van der Waals surface area contributed by atoms with Crippen molar-refractivity contribution in [3.05, 3.63) is 165 Å². The monoisotopic (exact) mass is 1070 g/mol. The van der Waals surface area contributed by atoms with E-state index in [-0.39, 0.29) is 42.1 Å². The smallest absolute Gasteiger partial charge is 0.441 e. The van der Waals surface area contributed by atoms with Crippen molar-refractivity contribution >= 4 is 69.2 Å². The highest BCUT2D eigenvalue weighted by Gasteiger charge is 2.46. The Morgan fingerprint density at radius 1 is 0.705 bits per heavy atom. The maximum atomic E-state index is 13.4. The molecule has 2 amide bonds. The number of nitro benzene ring substituents is 1. The maximum absolute atomic E-state index is 13.4. The fourth-order valence-electron chi connectivity index (χ4n) is 7.90. The molecular formula is C56H53N5O17. The Morgan fingerprint density at radius 3 is 1.92 bits per heavy atom. The van der Waals surface area contributed by atoms with Gasteiger partial charge in [0.25, 0.3) is 5.69 Å². The highest BCUT2D eigenvalue weighted by atomic mass is 16.7. The number of ether oxygens (including phenoxy) is 9. The average molecular weight is 1070 g/mol. The second kappa shape index (κ2) is 22.9. The molecule has 3 aliphatic rings. The van der Waals surface area contributed by atoms with Gasteiger partial charge in [0.05, 0.1) is 19.1 Å². The highest BCUT2D eigenvalue weighted by molar-refractivity contribution is 6.29. The molecular weight excluding hydrogens is 1010 g/mol. The first-order chi connectivity index (χ1) is 37.2. The van der Waals surface area contributed by atoms with Crippen LogP contribution >= 0.6 is 0 Å². The number of para-hydroxylation sites is 2. The van der Waals surface area contributed by atoms with E-state index in [0.29, 0.717) is 45.3 Å². The van der Waals surface area contributed by atoms with E-state index in [1.165, 1.54) is 49.5 Å². The van der Waals surface area contributed by atoms with Crippen LogP contribution in [-0.2, 0) is 33.3 Å². The maximum Gasteiger partial charge on any atom is 0.441 e. The van der Waals surface area contributed by atoms with Gasteiger partial charge in [0, 0.05) is 63.0 Å². The predicted octanol–water partition coefficient (Wildman–Crippen LogP) is 10.5. The largest absolute Gasteiger partial charge is 0.465 e. The molecule has 5 heterocycles. The van der Waals surface area contributed by atoms with Gasteiger partial charge in [-0.05, 0) is 108 Å². The Kier molecular flexibility index (Phi) is 15.9. The van der Waals surface area contributed by atoms with Gasteiger partial charge in [-0.15, -0.1) is 0 Å². The topological polar surface area (TPSA) is 268 Å². The van der Waals surface area contributed by atoms with E-state index in [9.17, 15) is 34.1 Å². The lowest BCUT2D eigenvalue weighted by molar-refractivity contribution is -0.384. The number of benzene rings is 5. The lowest BCUT2D eigenvalue weighted by atomic mass is 10.0. The molecule has 0 spiro atoms. The van der Waals surface area contributed by atoms with Crippen molar-refractivity contribution in [3.8, 4) is 28.7 Å². The molecule has 1 unspecified atom stereocenters. The minimum absolute atomic E-state index is 0.0517. The van der Waals surface area contributed by atoms with Gasteiger partial charge < -0.3 is 57.4 Å². The van der Waals surface area contributed by atoms with Crippen LogP contribution in [0.3, 0.4) is 0 Å². The molecule has 0 fully saturated rings. The van der Waals surface area contributed by atoms with Gasteiger partial charge >= 0.3 is 24.1 Å². The third-order valence-electron chi connectivity index (χ3n) is 11.3. The van der Waals surface area contributed by atoms with Crippen LogP contribution in [0.2, 0.25) is 0 Å². The van der Waals surface area contributed by atoms with Crippen LogP contribution in [0.4, 0.5) is 15.3 Å². The summed E-state index contributed by atoms with van der Waals surface area (Å²) < 4.78 is 48.3. The fraction of sp³-hybridized carbons (Fsp3) is 0.232. The van der Waals surface area contributed by atoms with Crippen molar-refractivity contribution in [2.75, 3.05) is 27.8 Å². The van der Waals surface area contributed by atoms with Crippen molar-refractivity contribution in [1.82, 2.24) is 20.3 Å². The number of amides is 2. The van der Waals surface area contributed by atoms with E-state index in [0.717, 1.165) is 21.8 Å². The number of aromatic nitrogens is 2. The summed E-state index contributed by atoms with van der Waals surface area (Å²) in [5, 5.41) is 12.0. The average Bonchev–Trinajstić information content (AvgIpc) is 4.45. The first-order valence-electron chi connectivity index (χ1n) is 23.9. The second-order valence-corrected chi connectivity index (χ2v) is 19.0. The number of H-pyrrole nitrogens is 2. The molecule has 22 heteroatoms. The number of methoxy groups -OCH3 is 2. The van der Waals surface area contributed by atoms with Gasteiger partial charge in [-0.2, -0.15) is 5.48 Å². The van der Waals surface area contributed by atoms with Crippen molar-refractivity contribution in [2.45, 2.75) is 59.0 Å². The summed E-state index contributed by atoms with van der Waals surface area (Å²) in [7, 11) is 2.50. The number of nitro groups is 1. The number of carbonyl (C=O) groups excluding carboxylic acids is 5. The van der Waals surface area contributed by atoms with Crippen molar-refractivity contribution in [3.63, 3.8) is 0 Å². The number of rotatable bonds is 10. The number of non-ortho nitro benzene ring substituents is 1. The molecule has 5 aromatic carbocycles. The summed E-state index contributed by atoms with van der Waals surface area (Å²) in [6.45, 7) is 10.7. The Hall–Kier alpha value is -9.99. The number of carbonyl (C=O) groups is 5. The first-order valence-corrected chi connectivity index (χ1v) is 23.9. The standard InChI is InChI=1S/C25H24N2O7.C20H15NO5.C11H14N2O5/c1-25(2,3)34-24(29)27-20(23(28)30-4)21(16-12-26-17-8-6-5-7-15(16)17)33-22(27)14-9-10-18-19(11-14)32-13-31-18;1-24-20(23)14(8-12-6-7-17-18(9-12)26-11-25-17)19(22)15-10-21-16-5-3-2-4-13(15)16;1-11(2,3)17-10(14)12-18-9-6-4-8(5-7-9)13(15)16/h5-12,22,26H,13H2,1-4H3;2-10,21H,11H2,1H3;4-7H,1-3H3,(H,12,14)/b;14-8+;. The molecule has 0 radical (unpaired) electrons. The van der Waals surface area contributed by atoms with E-state index in [1.54, 1.807) is 90.3 Å². The highest BCUT2D eigenvalue weighted by Crippen LogP contribution is 2.46. The molecule has 22 nitrogen and oxygen atoms in total. The van der Waals surface area contributed by atoms with Crippen molar-refractivity contribution in [2.24, 2.45) is 0 Å². The Labute approximate surface area is 445 Å². The summed E-state index contributed by atoms with van der Waals surface area (Å²) in [6, 6.07) is 30.7. The lowest BCUT2D eigenvalue weighted by Gasteiger charge is -2.28. The van der Waals surface area contributed by atoms with E-state index >= 15 is 0 Å². The molecule has 7 aromatic rings. The van der Waals surface area contributed by atoms with Crippen LogP contribution in [0, 0.1) is 10.1 Å². The van der Waals surface area contributed by atoms with Gasteiger partial charge in [0.15, 0.2) is 40.2 Å². The molecule has 10 rings (SSSR count). The molecule has 0 saturated heterocycles. The van der Waals surface area contributed by atoms with Crippen LogP contribution in [-0.4, -0.2) is 88.7 Å². The molecule has 404 valence electrons. The quantitative estimate of drug-likeness (QED) is 0.0168. The lowest BCUT2D eigenvalue weighted by Crippen LogP contribution is -2.38. The second-order valence-electron chi connectivity index (χ2n) is 19.0. The van der Waals surface area contributed by atoms with Gasteiger partial charge in [0.1, 0.15) is 16.8 Å². The summed E-state index contributed by atoms with van der Waals surface area (Å²) in [6.07, 6.45) is 2.35. The normalized spacial score (nSPS) is 14.3. The summed E-state index contributed by atoms with van der Waals surface area (Å²) in [5.74, 6) is 0.949. The minimum Gasteiger partial charge on any atom is -0.465 e. The van der Waals surface area contributed by atoms with E-state index in [4.69, 9.17) is 47.5 Å². The Bertz CT molecular complexity index is 3490. The van der Waals surface area contributed by atoms with E-state index in [1.807, 2.05) is 48.5 Å². The molecule has 78 heavy (non-hydrogen) atoms. The Balaban J connectivity index is 0.000000163. The number of esters is 2. The Morgan fingerprint density at radius 2 is 1.29 bits per heavy atom. The number of nitrogens with one attached hydrogen (secondary N) is 3. The van der Waals surface area contributed by atoms with E-state index < -0.39 is 52.3 Å². The zero-order chi connectivity index (χ0) is 55.9. The number of Topliss-reactive ketones (excluding diaryl/α,β-unsaturated/α-hetero) is 1. The molecule has 0 aliphatic carbocycles. The summed E-state index contributed by atoms with van der Waals surface area (Å²) in [4.78, 5) is 85.1. The van der Waals surface area contributed by atoms with Gasteiger partial charge in [-0.3, -0.25) is 14.9 Å². The van der Waals surface area contributed by atoms with Crippen molar-refractivity contribution < 1.29 is 76.4 Å².